The van der Waals surface area contributed by atoms with Gasteiger partial charge < -0.3 is 19.3 Å². The number of ether oxygens (including phenoxy) is 2. The van der Waals surface area contributed by atoms with Gasteiger partial charge >= 0.3 is 0 Å². The van der Waals surface area contributed by atoms with E-state index in [0.717, 1.165) is 55.7 Å². The minimum atomic E-state index is -0.332. The summed E-state index contributed by atoms with van der Waals surface area (Å²) >= 11 is 12.4. The zero-order valence-corrected chi connectivity index (χ0v) is 27.4. The van der Waals surface area contributed by atoms with E-state index in [1.807, 2.05) is 47.4 Å². The SMILES string of the molecule is CN(C(=O)CN1C(=O)COc2cc(Cl)c(Cl)cc21)[C@H](CN1CCOCC1)c1cccc(-c2ccc(C(=O)N3CCCCC3)cc2)c1. The second kappa shape index (κ2) is 14.4. The number of likely N-dealkylation sites (N-methyl/N-ethyl adjacent to an activating group) is 1. The van der Waals surface area contributed by atoms with Crippen molar-refractivity contribution in [3.8, 4) is 16.9 Å². The Hall–Kier alpha value is -3.63. The maximum atomic E-state index is 13.9. The number of morpholine rings is 1. The van der Waals surface area contributed by atoms with Gasteiger partial charge in [0.05, 0.1) is 35.0 Å². The van der Waals surface area contributed by atoms with Crippen molar-refractivity contribution in [2.45, 2.75) is 25.3 Å². The molecule has 46 heavy (non-hydrogen) atoms. The molecule has 0 saturated carbocycles. The largest absolute Gasteiger partial charge is 0.482 e. The molecule has 0 unspecified atom stereocenters. The number of amides is 3. The van der Waals surface area contributed by atoms with Crippen molar-refractivity contribution in [3.63, 3.8) is 0 Å². The standard InChI is InChI=1S/C35H38Cl2N4O5/c1-38(33(42)22-41-30-19-28(36)29(37)20-32(30)46-23-34(41)43)31(21-39-14-16-45-17-15-39)27-7-5-6-26(18-27)24-8-10-25(11-9-24)35(44)40-12-3-2-4-13-40/h5-11,18-20,31H,2-4,12-17,21-23H2,1H3/t31-/m1/s1. The van der Waals surface area contributed by atoms with Crippen LogP contribution in [-0.4, -0.2) is 98.6 Å². The van der Waals surface area contributed by atoms with Crippen LogP contribution in [-0.2, 0) is 14.3 Å². The van der Waals surface area contributed by atoms with E-state index in [1.54, 1.807) is 24.1 Å². The summed E-state index contributed by atoms with van der Waals surface area (Å²) in [6.07, 6.45) is 3.28. The van der Waals surface area contributed by atoms with Gasteiger partial charge in [-0.25, -0.2) is 0 Å². The molecule has 3 aliphatic heterocycles. The third-order valence-electron chi connectivity index (χ3n) is 9.01. The van der Waals surface area contributed by atoms with Gasteiger partial charge in [-0.05, 0) is 60.2 Å². The molecule has 0 N–H and O–H groups in total. The third-order valence-corrected chi connectivity index (χ3v) is 9.74. The Morgan fingerprint density at radius 3 is 2.35 bits per heavy atom. The first-order valence-corrected chi connectivity index (χ1v) is 16.5. The molecule has 1 atom stereocenters. The number of anilines is 1. The molecule has 0 bridgehead atoms. The highest BCUT2D eigenvalue weighted by atomic mass is 35.5. The van der Waals surface area contributed by atoms with Crippen LogP contribution in [0.25, 0.3) is 11.1 Å². The number of hydrogen-bond donors (Lipinski definition) is 0. The van der Waals surface area contributed by atoms with E-state index in [1.165, 1.54) is 11.3 Å². The van der Waals surface area contributed by atoms with Crippen LogP contribution in [0.3, 0.4) is 0 Å². The van der Waals surface area contributed by atoms with Gasteiger partial charge in [-0.2, -0.15) is 0 Å². The molecule has 0 aliphatic carbocycles. The van der Waals surface area contributed by atoms with Crippen LogP contribution in [0.5, 0.6) is 5.75 Å². The van der Waals surface area contributed by atoms with Crippen molar-refractivity contribution in [2.75, 3.05) is 71.0 Å². The number of benzene rings is 3. The fourth-order valence-corrected chi connectivity index (χ4v) is 6.59. The first-order chi connectivity index (χ1) is 22.3. The van der Waals surface area contributed by atoms with Gasteiger partial charge in [0.15, 0.2) is 6.61 Å². The van der Waals surface area contributed by atoms with Gasteiger partial charge in [-0.3, -0.25) is 24.2 Å². The molecule has 242 valence electrons. The minimum Gasteiger partial charge on any atom is -0.482 e. The van der Waals surface area contributed by atoms with Gasteiger partial charge in [-0.15, -0.1) is 0 Å². The summed E-state index contributed by atoms with van der Waals surface area (Å²) in [5.74, 6) is -0.0683. The predicted molar refractivity (Wildman–Crippen MR) is 179 cm³/mol. The highest BCUT2D eigenvalue weighted by Gasteiger charge is 2.32. The molecule has 0 aromatic heterocycles. The van der Waals surface area contributed by atoms with Crippen molar-refractivity contribution in [3.05, 3.63) is 81.8 Å². The van der Waals surface area contributed by atoms with Crippen molar-refractivity contribution in [2.24, 2.45) is 0 Å². The average molecular weight is 666 g/mol. The fraction of sp³-hybridized carbons (Fsp3) is 0.400. The van der Waals surface area contributed by atoms with E-state index in [4.69, 9.17) is 32.7 Å². The van der Waals surface area contributed by atoms with Gasteiger partial charge in [0, 0.05) is 51.4 Å². The molecule has 3 heterocycles. The first kappa shape index (κ1) is 32.3. The number of carbonyl (C=O) groups excluding carboxylic acids is 3. The normalized spacial score (nSPS) is 17.7. The van der Waals surface area contributed by atoms with Crippen LogP contribution in [0.15, 0.2) is 60.7 Å². The number of carbonyl (C=O) groups is 3. The lowest BCUT2D eigenvalue weighted by Gasteiger charge is -2.37. The number of halogens is 2. The van der Waals surface area contributed by atoms with Crippen LogP contribution in [0.4, 0.5) is 5.69 Å². The zero-order valence-electron chi connectivity index (χ0n) is 25.9. The maximum Gasteiger partial charge on any atom is 0.265 e. The van der Waals surface area contributed by atoms with Crippen molar-refractivity contribution >= 4 is 46.6 Å². The number of nitrogens with zero attached hydrogens (tertiary/aromatic N) is 4. The molecule has 2 fully saturated rings. The topological polar surface area (TPSA) is 82.6 Å². The lowest BCUT2D eigenvalue weighted by molar-refractivity contribution is -0.133. The van der Waals surface area contributed by atoms with Crippen molar-refractivity contribution in [1.29, 1.82) is 0 Å². The van der Waals surface area contributed by atoms with Gasteiger partial charge in [0.25, 0.3) is 11.8 Å². The number of rotatable bonds is 8. The molecule has 3 aromatic rings. The highest BCUT2D eigenvalue weighted by molar-refractivity contribution is 6.42. The van der Waals surface area contributed by atoms with E-state index < -0.39 is 0 Å². The number of piperidine rings is 1. The van der Waals surface area contributed by atoms with E-state index in [2.05, 4.69) is 11.0 Å². The smallest absolute Gasteiger partial charge is 0.265 e. The number of likely N-dealkylation sites (tertiary alicyclic amines) is 1. The quantitative estimate of drug-likeness (QED) is 0.314. The summed E-state index contributed by atoms with van der Waals surface area (Å²) in [5.41, 5.74) is 4.06. The van der Waals surface area contributed by atoms with Crippen LogP contribution in [0, 0.1) is 0 Å². The van der Waals surface area contributed by atoms with Gasteiger partial charge in [0.1, 0.15) is 12.3 Å². The first-order valence-electron chi connectivity index (χ1n) is 15.8. The molecular formula is C35H38Cl2N4O5. The Balaban J connectivity index is 1.24. The number of fused-ring (bicyclic) bond motifs is 1. The predicted octanol–water partition coefficient (Wildman–Crippen LogP) is 5.54. The second-order valence-corrected chi connectivity index (χ2v) is 12.8. The van der Waals surface area contributed by atoms with Gasteiger partial charge in [0.2, 0.25) is 5.91 Å². The second-order valence-electron chi connectivity index (χ2n) is 12.0. The molecule has 9 nitrogen and oxygen atoms in total. The Morgan fingerprint density at radius 2 is 1.61 bits per heavy atom. The van der Waals surface area contributed by atoms with Gasteiger partial charge in [-0.1, -0.05) is 53.5 Å². The molecular weight excluding hydrogens is 627 g/mol. The van der Waals surface area contributed by atoms with Crippen LogP contribution >= 0.6 is 23.2 Å². The van der Waals surface area contributed by atoms with Crippen LogP contribution < -0.4 is 9.64 Å². The molecule has 6 rings (SSSR count). The molecule has 11 heteroatoms. The molecule has 3 amide bonds. The highest BCUT2D eigenvalue weighted by Crippen LogP contribution is 2.39. The summed E-state index contributed by atoms with van der Waals surface area (Å²) in [4.78, 5) is 47.2. The van der Waals surface area contributed by atoms with Crippen LogP contribution in [0.1, 0.15) is 41.2 Å². The lowest BCUT2D eigenvalue weighted by atomic mass is 9.97. The lowest BCUT2D eigenvalue weighted by Crippen LogP contribution is -2.48. The van der Waals surface area contributed by atoms with E-state index in [-0.39, 0.29) is 41.9 Å². The third kappa shape index (κ3) is 7.18. The Labute approximate surface area is 279 Å². The van der Waals surface area contributed by atoms with Crippen molar-refractivity contribution in [1.82, 2.24) is 14.7 Å². The summed E-state index contributed by atoms with van der Waals surface area (Å²) in [5, 5.41) is 0.585. The summed E-state index contributed by atoms with van der Waals surface area (Å²) in [6.45, 7) is 4.66. The number of hydrogen-bond acceptors (Lipinski definition) is 6. The average Bonchev–Trinajstić information content (AvgIpc) is 3.09. The monoisotopic (exact) mass is 664 g/mol. The molecule has 0 radical (unpaired) electrons. The van der Waals surface area contributed by atoms with Crippen LogP contribution in [0.2, 0.25) is 10.0 Å². The molecule has 2 saturated heterocycles. The Morgan fingerprint density at radius 1 is 0.891 bits per heavy atom. The van der Waals surface area contributed by atoms with Crippen molar-refractivity contribution < 1.29 is 23.9 Å². The maximum absolute atomic E-state index is 13.9. The molecule has 0 spiro atoms. The zero-order chi connectivity index (χ0) is 32.2. The summed E-state index contributed by atoms with van der Waals surface area (Å²) in [7, 11) is 1.78. The van der Waals surface area contributed by atoms with E-state index in [0.29, 0.717) is 41.8 Å². The Bertz CT molecular complexity index is 1590. The molecule has 3 aliphatic rings. The van der Waals surface area contributed by atoms with E-state index in [9.17, 15) is 14.4 Å². The molecule has 3 aromatic carbocycles. The van der Waals surface area contributed by atoms with E-state index >= 15 is 0 Å². The summed E-state index contributed by atoms with van der Waals surface area (Å²) < 4.78 is 11.1. The minimum absolute atomic E-state index is 0.0810. The fourth-order valence-electron chi connectivity index (χ4n) is 6.28. The summed E-state index contributed by atoms with van der Waals surface area (Å²) in [6, 6.07) is 18.8. The Kier molecular flexibility index (Phi) is 10.1.